The van der Waals surface area contributed by atoms with Gasteiger partial charge in [0.1, 0.15) is 6.10 Å². The summed E-state index contributed by atoms with van der Waals surface area (Å²) in [5.41, 5.74) is 0. The van der Waals surface area contributed by atoms with Crippen LogP contribution in [0.15, 0.2) is 5.16 Å². The van der Waals surface area contributed by atoms with Crippen molar-refractivity contribution >= 4 is 6.21 Å². The van der Waals surface area contributed by atoms with E-state index in [0.717, 1.165) is 13.0 Å². The highest BCUT2D eigenvalue weighted by Gasteiger charge is 2.35. The van der Waals surface area contributed by atoms with Gasteiger partial charge < -0.3 is 9.57 Å². The van der Waals surface area contributed by atoms with Crippen LogP contribution in [0.3, 0.4) is 0 Å². The predicted molar refractivity (Wildman–Crippen MR) is 27.7 cm³/mol. The molecule has 0 saturated carbocycles. The Kier molecular flexibility index (Phi) is 0.784. The lowest BCUT2D eigenvalue weighted by molar-refractivity contribution is 0.0628. The molecule has 2 aliphatic rings. The summed E-state index contributed by atoms with van der Waals surface area (Å²) in [6.45, 7) is 0.855. The van der Waals surface area contributed by atoms with Gasteiger partial charge in [-0.1, -0.05) is 5.16 Å². The molecular weight excluding hydrogens is 106 g/mol. The van der Waals surface area contributed by atoms with Crippen LogP contribution in [-0.2, 0) is 9.57 Å². The van der Waals surface area contributed by atoms with Gasteiger partial charge >= 0.3 is 0 Å². The zero-order valence-electron chi connectivity index (χ0n) is 4.41. The fraction of sp³-hybridized carbons (Fsp3) is 0.800. The molecule has 0 aromatic heterocycles. The molecule has 8 heavy (non-hydrogen) atoms. The maximum Gasteiger partial charge on any atom is 0.160 e. The van der Waals surface area contributed by atoms with Gasteiger partial charge in [-0.15, -0.1) is 0 Å². The van der Waals surface area contributed by atoms with Crippen LogP contribution in [0.4, 0.5) is 0 Å². The molecule has 0 aliphatic carbocycles. The Hall–Kier alpha value is -0.570. The third kappa shape index (κ3) is 0.591. The molecule has 44 valence electrons. The molecule has 1 saturated heterocycles. The van der Waals surface area contributed by atoms with Crippen LogP contribution in [0.1, 0.15) is 6.42 Å². The number of hydrogen-bond donors (Lipinski definition) is 0. The standard InChI is InChI=1S/C5H7NO2/c1-2-6-8-4(1)5-3-7-5/h2,4-5H,1,3H2. The highest BCUT2D eigenvalue weighted by atomic mass is 16.7. The average Bonchev–Trinajstić information content (AvgIpc) is 2.49. The highest BCUT2D eigenvalue weighted by Crippen LogP contribution is 2.21. The maximum atomic E-state index is 4.99. The molecule has 2 heterocycles. The molecule has 1 fully saturated rings. The summed E-state index contributed by atoms with van der Waals surface area (Å²) in [5, 5.41) is 3.62. The minimum Gasteiger partial charge on any atom is -0.390 e. The Morgan fingerprint density at radius 1 is 1.50 bits per heavy atom. The zero-order valence-corrected chi connectivity index (χ0v) is 4.41. The van der Waals surface area contributed by atoms with E-state index >= 15 is 0 Å². The van der Waals surface area contributed by atoms with Crippen molar-refractivity contribution in [1.82, 2.24) is 0 Å². The molecule has 0 spiro atoms. The molecule has 0 aromatic rings. The molecular formula is C5H7NO2. The van der Waals surface area contributed by atoms with Crippen molar-refractivity contribution in [2.45, 2.75) is 18.6 Å². The largest absolute Gasteiger partial charge is 0.390 e. The van der Waals surface area contributed by atoms with Gasteiger partial charge in [-0.05, 0) is 0 Å². The Labute approximate surface area is 47.3 Å². The summed E-state index contributed by atoms with van der Waals surface area (Å²) in [4.78, 5) is 4.92. The molecule has 3 nitrogen and oxygen atoms in total. The zero-order chi connectivity index (χ0) is 5.40. The highest BCUT2D eigenvalue weighted by molar-refractivity contribution is 5.58. The summed E-state index contributed by atoms with van der Waals surface area (Å²) in [5.74, 6) is 0. The normalized spacial score (nSPS) is 42.0. The van der Waals surface area contributed by atoms with Crippen LogP contribution in [0.2, 0.25) is 0 Å². The van der Waals surface area contributed by atoms with E-state index in [0.29, 0.717) is 6.10 Å². The summed E-state index contributed by atoms with van der Waals surface area (Å²) in [6.07, 6.45) is 3.28. The fourth-order valence-electron chi connectivity index (χ4n) is 0.801. The van der Waals surface area contributed by atoms with E-state index in [4.69, 9.17) is 9.57 Å². The van der Waals surface area contributed by atoms with E-state index in [9.17, 15) is 0 Å². The summed E-state index contributed by atoms with van der Waals surface area (Å²) in [7, 11) is 0. The van der Waals surface area contributed by atoms with E-state index in [1.165, 1.54) is 0 Å². The molecule has 2 aliphatic heterocycles. The molecule has 0 N–H and O–H groups in total. The quantitative estimate of drug-likeness (QED) is 0.454. The second-order valence-electron chi connectivity index (χ2n) is 2.04. The van der Waals surface area contributed by atoms with Gasteiger partial charge in [0.25, 0.3) is 0 Å². The summed E-state index contributed by atoms with van der Waals surface area (Å²) >= 11 is 0. The number of oxime groups is 1. The van der Waals surface area contributed by atoms with Gasteiger partial charge in [0.05, 0.1) is 6.61 Å². The van der Waals surface area contributed by atoms with Crippen LogP contribution in [-0.4, -0.2) is 25.0 Å². The van der Waals surface area contributed by atoms with Crippen LogP contribution in [0, 0.1) is 0 Å². The first-order valence-electron chi connectivity index (χ1n) is 2.76. The molecule has 0 amide bonds. The summed E-state index contributed by atoms with van der Waals surface area (Å²) < 4.78 is 4.99. The van der Waals surface area contributed by atoms with Crippen molar-refractivity contribution in [3.05, 3.63) is 0 Å². The SMILES string of the molecule is C1=NOC(C2CO2)C1. The van der Waals surface area contributed by atoms with E-state index in [-0.39, 0.29) is 6.10 Å². The number of rotatable bonds is 1. The monoisotopic (exact) mass is 113 g/mol. The predicted octanol–water partition coefficient (Wildman–Crippen LogP) is 0.160. The van der Waals surface area contributed by atoms with Crippen LogP contribution in [0.25, 0.3) is 0 Å². The van der Waals surface area contributed by atoms with Crippen molar-refractivity contribution < 1.29 is 9.57 Å². The Balaban J connectivity index is 1.90. The smallest absolute Gasteiger partial charge is 0.160 e. The van der Waals surface area contributed by atoms with Crippen molar-refractivity contribution in [2.24, 2.45) is 5.16 Å². The molecule has 0 bridgehead atoms. The first kappa shape index (κ1) is 4.32. The second-order valence-corrected chi connectivity index (χ2v) is 2.04. The van der Waals surface area contributed by atoms with E-state index in [2.05, 4.69) is 5.16 Å². The van der Waals surface area contributed by atoms with Gasteiger partial charge in [-0.3, -0.25) is 0 Å². The summed E-state index contributed by atoms with van der Waals surface area (Å²) in [6, 6.07) is 0. The Bertz CT molecular complexity index is 112. The lowest BCUT2D eigenvalue weighted by Crippen LogP contribution is -2.12. The second kappa shape index (κ2) is 1.45. The maximum absolute atomic E-state index is 4.99. The van der Waals surface area contributed by atoms with Gasteiger partial charge in [-0.25, -0.2) is 0 Å². The third-order valence-corrected chi connectivity index (χ3v) is 1.38. The van der Waals surface area contributed by atoms with Crippen molar-refractivity contribution in [3.8, 4) is 0 Å². The number of ether oxygens (including phenoxy) is 1. The number of nitrogens with zero attached hydrogens (tertiary/aromatic N) is 1. The van der Waals surface area contributed by atoms with Crippen LogP contribution < -0.4 is 0 Å². The fourth-order valence-corrected chi connectivity index (χ4v) is 0.801. The molecule has 0 aromatic carbocycles. The Morgan fingerprint density at radius 2 is 2.38 bits per heavy atom. The lowest BCUT2D eigenvalue weighted by atomic mass is 10.2. The van der Waals surface area contributed by atoms with E-state index < -0.39 is 0 Å². The minimum atomic E-state index is 0.231. The van der Waals surface area contributed by atoms with E-state index in [1.54, 1.807) is 6.21 Å². The Morgan fingerprint density at radius 3 is 2.88 bits per heavy atom. The molecule has 2 rings (SSSR count). The molecule has 2 unspecified atom stereocenters. The topological polar surface area (TPSA) is 34.1 Å². The van der Waals surface area contributed by atoms with Crippen molar-refractivity contribution in [2.75, 3.05) is 6.61 Å². The van der Waals surface area contributed by atoms with E-state index in [1.807, 2.05) is 0 Å². The van der Waals surface area contributed by atoms with Gasteiger partial charge in [0.2, 0.25) is 0 Å². The number of epoxide rings is 1. The van der Waals surface area contributed by atoms with Crippen LogP contribution in [0.5, 0.6) is 0 Å². The van der Waals surface area contributed by atoms with Crippen molar-refractivity contribution in [1.29, 1.82) is 0 Å². The number of hydrogen-bond acceptors (Lipinski definition) is 3. The van der Waals surface area contributed by atoms with Gasteiger partial charge in [0, 0.05) is 12.6 Å². The minimum absolute atomic E-state index is 0.231. The lowest BCUT2D eigenvalue weighted by Gasteiger charge is -1.99. The molecule has 0 radical (unpaired) electrons. The first-order chi connectivity index (χ1) is 3.97. The molecule has 2 atom stereocenters. The van der Waals surface area contributed by atoms with Crippen molar-refractivity contribution in [3.63, 3.8) is 0 Å². The average molecular weight is 113 g/mol. The first-order valence-corrected chi connectivity index (χ1v) is 2.76. The molecule has 3 heteroatoms. The van der Waals surface area contributed by atoms with Gasteiger partial charge in [-0.2, -0.15) is 0 Å². The van der Waals surface area contributed by atoms with Gasteiger partial charge in [0.15, 0.2) is 6.10 Å². The van der Waals surface area contributed by atoms with Crippen LogP contribution >= 0.6 is 0 Å². The third-order valence-electron chi connectivity index (χ3n) is 1.38.